The van der Waals surface area contributed by atoms with Crippen molar-refractivity contribution in [3.8, 4) is 0 Å². The van der Waals surface area contributed by atoms with Gasteiger partial charge in [0.25, 0.3) is 0 Å². The zero-order valence-electron chi connectivity index (χ0n) is 8.90. The summed E-state index contributed by atoms with van der Waals surface area (Å²) in [4.78, 5) is 10.9. The summed E-state index contributed by atoms with van der Waals surface area (Å²) >= 11 is 5.41. The summed E-state index contributed by atoms with van der Waals surface area (Å²) in [5.74, 6) is -0.317. The molecule has 5 nitrogen and oxygen atoms in total. The van der Waals surface area contributed by atoms with E-state index in [0.29, 0.717) is 6.42 Å². The van der Waals surface area contributed by atoms with Gasteiger partial charge in [0, 0.05) is 12.4 Å². The summed E-state index contributed by atoms with van der Waals surface area (Å²) < 4.78 is 28.8. The molecule has 0 radical (unpaired) electrons. The second kappa shape index (κ2) is 7.03. The first-order valence-corrected chi connectivity index (χ1v) is 6.73. The number of nitrogens with zero attached hydrogens (tertiary/aromatic N) is 1. The van der Waals surface area contributed by atoms with Gasteiger partial charge in [0.15, 0.2) is 0 Å². The molecule has 0 amide bonds. The molecule has 0 N–H and O–H groups in total. The molecule has 90 valence electrons. The number of alkyl halides is 1. The highest BCUT2D eigenvalue weighted by Gasteiger charge is 2.22. The Morgan fingerprint density at radius 2 is 2.07 bits per heavy atom. The highest BCUT2D eigenvalue weighted by Crippen LogP contribution is 2.04. The normalized spacial score (nSPS) is 11.7. The molecular weight excluding hydrogens is 242 g/mol. The molecule has 0 saturated heterocycles. The first kappa shape index (κ1) is 14.7. The van der Waals surface area contributed by atoms with Crippen LogP contribution in [0.15, 0.2) is 0 Å². The standard InChI is InChI=1S/C8H16ClNO4S/c1-3-10(7-8(11)14-2)15(12,13)6-4-5-9/h3-7H2,1-2H3. The Morgan fingerprint density at radius 1 is 1.47 bits per heavy atom. The molecule has 0 aromatic carbocycles. The van der Waals surface area contributed by atoms with Crippen LogP contribution >= 0.6 is 11.6 Å². The maximum atomic E-state index is 11.6. The first-order chi connectivity index (χ1) is 6.97. The number of sulfonamides is 1. The van der Waals surface area contributed by atoms with Crippen molar-refractivity contribution in [1.29, 1.82) is 0 Å². The minimum absolute atomic E-state index is 0.0403. The van der Waals surface area contributed by atoms with Crippen LogP contribution in [0.5, 0.6) is 0 Å². The highest BCUT2D eigenvalue weighted by molar-refractivity contribution is 7.89. The van der Waals surface area contributed by atoms with E-state index in [-0.39, 0.29) is 24.7 Å². The SMILES string of the molecule is CCN(CC(=O)OC)S(=O)(=O)CCCCl. The Bertz CT molecular complexity index is 291. The van der Waals surface area contributed by atoms with Crippen molar-refractivity contribution < 1.29 is 17.9 Å². The predicted octanol–water partition coefficient (Wildman–Crippen LogP) is 0.440. The van der Waals surface area contributed by atoms with Gasteiger partial charge in [0.05, 0.1) is 12.9 Å². The van der Waals surface area contributed by atoms with E-state index >= 15 is 0 Å². The van der Waals surface area contributed by atoms with Crippen LogP contribution in [0.4, 0.5) is 0 Å². The van der Waals surface area contributed by atoms with Crippen LogP contribution in [-0.2, 0) is 19.6 Å². The largest absolute Gasteiger partial charge is 0.468 e. The Hall–Kier alpha value is -0.330. The van der Waals surface area contributed by atoms with E-state index in [0.717, 1.165) is 4.31 Å². The Morgan fingerprint density at radius 3 is 2.47 bits per heavy atom. The van der Waals surface area contributed by atoms with Crippen molar-refractivity contribution in [1.82, 2.24) is 4.31 Å². The van der Waals surface area contributed by atoms with Crippen molar-refractivity contribution >= 4 is 27.6 Å². The number of ether oxygens (including phenoxy) is 1. The number of halogens is 1. The van der Waals surface area contributed by atoms with Gasteiger partial charge < -0.3 is 4.74 Å². The summed E-state index contributed by atoms with van der Waals surface area (Å²) in [6, 6.07) is 0. The zero-order valence-corrected chi connectivity index (χ0v) is 10.5. The fourth-order valence-corrected chi connectivity index (χ4v) is 2.74. The quantitative estimate of drug-likeness (QED) is 0.490. The molecule has 0 aromatic heterocycles. The van der Waals surface area contributed by atoms with Crippen molar-refractivity contribution in [3.63, 3.8) is 0 Å². The molecule has 0 aliphatic heterocycles. The van der Waals surface area contributed by atoms with Gasteiger partial charge in [-0.1, -0.05) is 6.92 Å². The monoisotopic (exact) mass is 257 g/mol. The first-order valence-electron chi connectivity index (χ1n) is 4.58. The third-order valence-corrected chi connectivity index (χ3v) is 4.06. The topological polar surface area (TPSA) is 63.7 Å². The van der Waals surface area contributed by atoms with Crippen LogP contribution in [0.1, 0.15) is 13.3 Å². The number of methoxy groups -OCH3 is 1. The van der Waals surface area contributed by atoms with Gasteiger partial charge in [-0.05, 0) is 6.42 Å². The lowest BCUT2D eigenvalue weighted by atomic mass is 10.6. The molecule has 0 fully saturated rings. The smallest absolute Gasteiger partial charge is 0.321 e. The molecule has 0 aliphatic rings. The van der Waals surface area contributed by atoms with Crippen LogP contribution in [0.2, 0.25) is 0 Å². The van der Waals surface area contributed by atoms with Crippen molar-refractivity contribution in [2.75, 3.05) is 31.8 Å². The third kappa shape index (κ3) is 5.34. The summed E-state index contributed by atoms with van der Waals surface area (Å²) in [5, 5.41) is 0. The van der Waals surface area contributed by atoms with Gasteiger partial charge in [-0.2, -0.15) is 4.31 Å². The van der Waals surface area contributed by atoms with E-state index in [2.05, 4.69) is 4.74 Å². The van der Waals surface area contributed by atoms with Crippen molar-refractivity contribution in [2.24, 2.45) is 0 Å². The van der Waals surface area contributed by atoms with E-state index in [1.165, 1.54) is 7.11 Å². The lowest BCUT2D eigenvalue weighted by Crippen LogP contribution is -2.37. The molecule has 0 unspecified atom stereocenters. The number of carbonyl (C=O) groups is 1. The number of hydrogen-bond donors (Lipinski definition) is 0. The second-order valence-electron chi connectivity index (χ2n) is 2.86. The minimum atomic E-state index is -3.39. The summed E-state index contributed by atoms with van der Waals surface area (Å²) in [5.41, 5.74) is 0. The van der Waals surface area contributed by atoms with Gasteiger partial charge in [-0.15, -0.1) is 11.6 Å². The molecule has 0 atom stereocenters. The van der Waals surface area contributed by atoms with E-state index in [9.17, 15) is 13.2 Å². The average Bonchev–Trinajstić information content (AvgIpc) is 2.22. The minimum Gasteiger partial charge on any atom is -0.468 e. The maximum Gasteiger partial charge on any atom is 0.321 e. The lowest BCUT2D eigenvalue weighted by molar-refractivity contribution is -0.140. The molecule has 0 spiro atoms. The maximum absolute atomic E-state index is 11.6. The molecule has 0 saturated carbocycles. The summed E-state index contributed by atoms with van der Waals surface area (Å²) in [7, 11) is -2.17. The van der Waals surface area contributed by atoms with Crippen molar-refractivity contribution in [3.05, 3.63) is 0 Å². The Balaban J connectivity index is 4.44. The number of likely N-dealkylation sites (N-methyl/N-ethyl adjacent to an activating group) is 1. The fourth-order valence-electron chi connectivity index (χ4n) is 0.981. The van der Waals surface area contributed by atoms with Gasteiger partial charge in [-0.3, -0.25) is 4.79 Å². The van der Waals surface area contributed by atoms with E-state index in [4.69, 9.17) is 11.6 Å². The number of rotatable bonds is 7. The Kier molecular flexibility index (Phi) is 6.87. The average molecular weight is 258 g/mol. The highest BCUT2D eigenvalue weighted by atomic mass is 35.5. The molecule has 0 aromatic rings. The predicted molar refractivity (Wildman–Crippen MR) is 58.4 cm³/mol. The number of hydrogen-bond acceptors (Lipinski definition) is 4. The van der Waals surface area contributed by atoms with Crippen LogP contribution in [0, 0.1) is 0 Å². The molecule has 0 bridgehead atoms. The van der Waals surface area contributed by atoms with E-state index in [1.54, 1.807) is 6.92 Å². The van der Waals surface area contributed by atoms with Crippen LogP contribution < -0.4 is 0 Å². The molecule has 0 heterocycles. The van der Waals surface area contributed by atoms with Crippen molar-refractivity contribution in [2.45, 2.75) is 13.3 Å². The third-order valence-electron chi connectivity index (χ3n) is 1.82. The zero-order chi connectivity index (χ0) is 11.9. The second-order valence-corrected chi connectivity index (χ2v) is 5.33. The molecule has 15 heavy (non-hydrogen) atoms. The van der Waals surface area contributed by atoms with Gasteiger partial charge in [0.1, 0.15) is 6.54 Å². The van der Waals surface area contributed by atoms with Gasteiger partial charge in [0.2, 0.25) is 10.0 Å². The van der Waals surface area contributed by atoms with Crippen LogP contribution in [-0.4, -0.2) is 50.5 Å². The van der Waals surface area contributed by atoms with Crippen LogP contribution in [0.3, 0.4) is 0 Å². The van der Waals surface area contributed by atoms with Gasteiger partial charge in [-0.25, -0.2) is 8.42 Å². The summed E-state index contributed by atoms with van der Waals surface area (Å²) in [6.45, 7) is 1.68. The Labute approximate surface area is 95.4 Å². The molecule has 0 aliphatic carbocycles. The lowest BCUT2D eigenvalue weighted by Gasteiger charge is -2.18. The number of carbonyl (C=O) groups excluding carboxylic acids is 1. The van der Waals surface area contributed by atoms with Gasteiger partial charge >= 0.3 is 5.97 Å². The van der Waals surface area contributed by atoms with E-state index < -0.39 is 16.0 Å². The fraction of sp³-hybridized carbons (Fsp3) is 0.875. The summed E-state index contributed by atoms with van der Waals surface area (Å²) in [6.07, 6.45) is 0.377. The number of esters is 1. The molecule has 7 heteroatoms. The molecule has 0 rings (SSSR count). The van der Waals surface area contributed by atoms with E-state index in [1.807, 2.05) is 0 Å². The molecular formula is C8H16ClNO4S. The van der Waals surface area contributed by atoms with Crippen LogP contribution in [0.25, 0.3) is 0 Å².